The Kier molecular flexibility index (Phi) is 3.92. The maximum absolute atomic E-state index is 5.61. The fourth-order valence-electron chi connectivity index (χ4n) is 1.94. The van der Waals surface area contributed by atoms with E-state index < -0.39 is 0 Å². The first-order valence-electron chi connectivity index (χ1n) is 6.40. The molecule has 3 rings (SSSR count). The number of halogens is 1. The van der Waals surface area contributed by atoms with Crippen LogP contribution in [0.3, 0.4) is 0 Å². The van der Waals surface area contributed by atoms with Crippen molar-refractivity contribution in [1.82, 2.24) is 9.97 Å². The highest BCUT2D eigenvalue weighted by molar-refractivity contribution is 9.10. The van der Waals surface area contributed by atoms with Gasteiger partial charge in [-0.05, 0) is 23.8 Å². The molecule has 0 unspecified atom stereocenters. The van der Waals surface area contributed by atoms with Gasteiger partial charge in [-0.15, -0.1) is 0 Å². The van der Waals surface area contributed by atoms with Gasteiger partial charge in [0.2, 0.25) is 0 Å². The first-order chi connectivity index (χ1) is 9.81. The zero-order valence-electron chi connectivity index (χ0n) is 10.8. The smallest absolute Gasteiger partial charge is 0.316 e. The Hall–Kier alpha value is -1.94. The molecule has 0 spiro atoms. The Morgan fingerprint density at radius 1 is 1.00 bits per heavy atom. The predicted molar refractivity (Wildman–Crippen MR) is 82.9 cm³/mol. The Labute approximate surface area is 125 Å². The third kappa shape index (κ3) is 3.14. The van der Waals surface area contributed by atoms with Crippen molar-refractivity contribution >= 4 is 26.8 Å². The molecule has 100 valence electrons. The van der Waals surface area contributed by atoms with Gasteiger partial charge in [-0.3, -0.25) is 0 Å². The molecule has 3 aromatic rings. The predicted octanol–water partition coefficient (Wildman–Crippen LogP) is 4.01. The monoisotopic (exact) mass is 328 g/mol. The van der Waals surface area contributed by atoms with Crippen molar-refractivity contribution in [2.75, 3.05) is 6.61 Å². The molecule has 20 heavy (non-hydrogen) atoms. The second kappa shape index (κ2) is 6.01. The van der Waals surface area contributed by atoms with Gasteiger partial charge in [-0.25, -0.2) is 4.98 Å². The number of hydrogen-bond donors (Lipinski definition) is 0. The quantitative estimate of drug-likeness (QED) is 0.725. The normalized spacial score (nSPS) is 10.7. The minimum absolute atomic E-state index is 0.431. The number of rotatable bonds is 4. The summed E-state index contributed by atoms with van der Waals surface area (Å²) in [5.74, 6) is 0. The molecule has 2 aromatic carbocycles. The highest BCUT2D eigenvalue weighted by Crippen LogP contribution is 2.14. The van der Waals surface area contributed by atoms with Crippen LogP contribution in [0.1, 0.15) is 5.56 Å². The van der Waals surface area contributed by atoms with E-state index in [2.05, 4.69) is 38.0 Å². The van der Waals surface area contributed by atoms with Crippen LogP contribution in [-0.2, 0) is 6.42 Å². The van der Waals surface area contributed by atoms with Gasteiger partial charge in [0.25, 0.3) is 0 Å². The van der Waals surface area contributed by atoms with E-state index >= 15 is 0 Å². The molecule has 0 aliphatic rings. The van der Waals surface area contributed by atoms with Crippen LogP contribution in [0.2, 0.25) is 0 Å². The summed E-state index contributed by atoms with van der Waals surface area (Å²) in [6.07, 6.45) is 2.63. The third-order valence-electron chi connectivity index (χ3n) is 3.00. The van der Waals surface area contributed by atoms with Gasteiger partial charge in [-0.2, -0.15) is 4.98 Å². The van der Waals surface area contributed by atoms with Gasteiger partial charge in [0.05, 0.1) is 12.1 Å². The highest BCUT2D eigenvalue weighted by atomic mass is 79.9. The first kappa shape index (κ1) is 13.1. The van der Waals surface area contributed by atoms with Crippen molar-refractivity contribution in [3.8, 4) is 6.01 Å². The average Bonchev–Trinajstić information content (AvgIpc) is 2.49. The largest absolute Gasteiger partial charge is 0.463 e. The molecule has 0 aliphatic carbocycles. The molecule has 0 radical (unpaired) electrons. The van der Waals surface area contributed by atoms with E-state index in [1.807, 2.05) is 36.4 Å². The van der Waals surface area contributed by atoms with Crippen LogP contribution < -0.4 is 4.74 Å². The Morgan fingerprint density at radius 3 is 2.65 bits per heavy atom. The molecule has 0 N–H and O–H groups in total. The average molecular weight is 329 g/mol. The molecule has 0 atom stereocenters. The van der Waals surface area contributed by atoms with Crippen LogP contribution in [0.25, 0.3) is 10.9 Å². The lowest BCUT2D eigenvalue weighted by molar-refractivity contribution is 0.297. The SMILES string of the molecule is Brc1ccc(CCOc2ncc3ccccc3n2)cc1. The molecular weight excluding hydrogens is 316 g/mol. The van der Waals surface area contributed by atoms with E-state index in [4.69, 9.17) is 4.74 Å². The summed E-state index contributed by atoms with van der Waals surface area (Å²) in [7, 11) is 0. The van der Waals surface area contributed by atoms with E-state index in [0.29, 0.717) is 12.6 Å². The standard InChI is InChI=1S/C16H13BrN2O/c17-14-7-5-12(6-8-14)9-10-20-16-18-11-13-3-1-2-4-15(13)19-16/h1-8,11H,9-10H2. The number of fused-ring (bicyclic) bond motifs is 1. The lowest BCUT2D eigenvalue weighted by atomic mass is 10.2. The minimum Gasteiger partial charge on any atom is -0.463 e. The fraction of sp³-hybridized carbons (Fsp3) is 0.125. The van der Waals surface area contributed by atoms with E-state index in [9.17, 15) is 0 Å². The van der Waals surface area contributed by atoms with Crippen molar-refractivity contribution in [2.45, 2.75) is 6.42 Å². The van der Waals surface area contributed by atoms with E-state index in [-0.39, 0.29) is 0 Å². The summed E-state index contributed by atoms with van der Waals surface area (Å²) in [6.45, 7) is 0.569. The summed E-state index contributed by atoms with van der Waals surface area (Å²) in [5, 5.41) is 1.02. The summed E-state index contributed by atoms with van der Waals surface area (Å²) in [4.78, 5) is 8.59. The minimum atomic E-state index is 0.431. The molecule has 0 saturated heterocycles. The number of para-hydroxylation sites is 1. The van der Waals surface area contributed by atoms with Gasteiger partial charge in [0.15, 0.2) is 0 Å². The summed E-state index contributed by atoms with van der Waals surface area (Å²) in [5.41, 5.74) is 2.13. The molecule has 3 nitrogen and oxygen atoms in total. The highest BCUT2D eigenvalue weighted by Gasteiger charge is 2.01. The lowest BCUT2D eigenvalue weighted by Crippen LogP contribution is -2.04. The zero-order chi connectivity index (χ0) is 13.8. The van der Waals surface area contributed by atoms with Crippen molar-refractivity contribution in [2.24, 2.45) is 0 Å². The second-order valence-corrected chi connectivity index (χ2v) is 5.35. The van der Waals surface area contributed by atoms with Crippen molar-refractivity contribution in [3.05, 3.63) is 64.8 Å². The topological polar surface area (TPSA) is 35.0 Å². The molecule has 1 heterocycles. The van der Waals surface area contributed by atoms with Crippen LogP contribution in [0.4, 0.5) is 0 Å². The Morgan fingerprint density at radius 2 is 1.80 bits per heavy atom. The van der Waals surface area contributed by atoms with E-state index in [1.165, 1.54) is 5.56 Å². The van der Waals surface area contributed by atoms with Crippen molar-refractivity contribution in [1.29, 1.82) is 0 Å². The lowest BCUT2D eigenvalue weighted by Gasteiger charge is -2.05. The van der Waals surface area contributed by atoms with Gasteiger partial charge in [0, 0.05) is 22.5 Å². The maximum atomic E-state index is 5.61. The molecule has 0 aliphatic heterocycles. The molecule has 0 bridgehead atoms. The number of hydrogen-bond acceptors (Lipinski definition) is 3. The molecule has 0 saturated carbocycles. The second-order valence-electron chi connectivity index (χ2n) is 4.44. The van der Waals surface area contributed by atoms with Crippen LogP contribution in [0.5, 0.6) is 6.01 Å². The molecule has 0 amide bonds. The van der Waals surface area contributed by atoms with Gasteiger partial charge in [0.1, 0.15) is 0 Å². The van der Waals surface area contributed by atoms with Crippen LogP contribution in [0.15, 0.2) is 59.2 Å². The Balaban J connectivity index is 1.63. The number of benzene rings is 2. The molecule has 0 fully saturated rings. The summed E-state index contributed by atoms with van der Waals surface area (Å²) < 4.78 is 6.70. The van der Waals surface area contributed by atoms with Crippen LogP contribution >= 0.6 is 15.9 Å². The zero-order valence-corrected chi connectivity index (χ0v) is 12.4. The Bertz CT molecular complexity index is 713. The summed E-state index contributed by atoms with van der Waals surface area (Å²) in [6, 6.07) is 16.5. The molecular formula is C16H13BrN2O. The first-order valence-corrected chi connectivity index (χ1v) is 7.19. The molecule has 4 heteroatoms. The van der Waals surface area contributed by atoms with Gasteiger partial charge < -0.3 is 4.74 Å². The fourth-order valence-corrected chi connectivity index (χ4v) is 2.20. The number of ether oxygens (including phenoxy) is 1. The summed E-state index contributed by atoms with van der Waals surface area (Å²) >= 11 is 3.42. The van der Waals surface area contributed by atoms with Gasteiger partial charge in [-0.1, -0.05) is 46.3 Å². The maximum Gasteiger partial charge on any atom is 0.316 e. The van der Waals surface area contributed by atoms with Crippen LogP contribution in [-0.4, -0.2) is 16.6 Å². The number of aromatic nitrogens is 2. The van der Waals surface area contributed by atoms with Crippen LogP contribution in [0, 0.1) is 0 Å². The third-order valence-corrected chi connectivity index (χ3v) is 3.53. The van der Waals surface area contributed by atoms with Gasteiger partial charge >= 0.3 is 6.01 Å². The number of nitrogens with zero attached hydrogens (tertiary/aromatic N) is 2. The van der Waals surface area contributed by atoms with E-state index in [1.54, 1.807) is 6.20 Å². The van der Waals surface area contributed by atoms with Crippen molar-refractivity contribution < 1.29 is 4.74 Å². The van der Waals surface area contributed by atoms with E-state index in [0.717, 1.165) is 21.8 Å². The molecule has 1 aromatic heterocycles. The van der Waals surface area contributed by atoms with Crippen molar-refractivity contribution in [3.63, 3.8) is 0 Å².